The SMILES string of the molecule is CCCCN(CCCC)c1ccc(N=Nc2cc(C)c(N=Nc3ccc(C#N)cc3)cc2O)c(O)c1.[C-]#[N+]c1ccc(N=Nc2cc(O)c(N=Nc3ccc(N(CCCC)CCCC)cc3O)cc2C)cc1.[Fe]. The molecule has 0 aromatic heterocycles. The average molecular weight is 1030 g/mol. The summed E-state index contributed by atoms with van der Waals surface area (Å²) < 4.78 is 0. The molecule has 0 radical (unpaired) electrons. The molecule has 6 aromatic carbocycles. The molecule has 0 amide bonds. The van der Waals surface area contributed by atoms with Gasteiger partial charge in [-0.2, -0.15) is 25.7 Å². The number of nitriles is 1. The van der Waals surface area contributed by atoms with Crippen LogP contribution in [0, 0.1) is 31.8 Å². The molecule has 380 valence electrons. The van der Waals surface area contributed by atoms with Gasteiger partial charge < -0.3 is 30.2 Å². The van der Waals surface area contributed by atoms with E-state index in [-0.39, 0.29) is 51.4 Å². The first-order valence-corrected chi connectivity index (χ1v) is 24.4. The van der Waals surface area contributed by atoms with Gasteiger partial charge in [-0.15, -0.1) is 20.5 Å². The fourth-order valence-corrected chi connectivity index (χ4v) is 7.07. The Hall–Kier alpha value is -7.98. The second-order valence-electron chi connectivity index (χ2n) is 17.1. The van der Waals surface area contributed by atoms with E-state index >= 15 is 0 Å². The summed E-state index contributed by atoms with van der Waals surface area (Å²) in [4.78, 5) is 7.92. The molecule has 6 aromatic rings. The third-order valence-electron chi connectivity index (χ3n) is 11.4. The minimum absolute atomic E-state index is 0. The number of phenolic OH excluding ortho intramolecular Hbond substituents is 4. The van der Waals surface area contributed by atoms with Gasteiger partial charge in [0.15, 0.2) is 5.69 Å². The number of unbranched alkanes of at least 4 members (excludes halogenated alkanes) is 4. The Kier molecular flexibility index (Phi) is 23.7. The second kappa shape index (κ2) is 30.0. The quantitative estimate of drug-likeness (QED) is 0.0293. The number of rotatable bonds is 22. The molecule has 0 bridgehead atoms. The van der Waals surface area contributed by atoms with Crippen LogP contribution in [0.3, 0.4) is 0 Å². The summed E-state index contributed by atoms with van der Waals surface area (Å²) in [6.45, 7) is 23.1. The van der Waals surface area contributed by atoms with Crippen molar-refractivity contribution in [3.63, 3.8) is 0 Å². The molecule has 4 N–H and O–H groups in total. The van der Waals surface area contributed by atoms with E-state index in [1.807, 2.05) is 26.0 Å². The van der Waals surface area contributed by atoms with Gasteiger partial charge in [-0.05, 0) is 123 Å². The minimum Gasteiger partial charge on any atom is -0.506 e. The van der Waals surface area contributed by atoms with Crippen molar-refractivity contribution in [3.05, 3.63) is 137 Å². The van der Waals surface area contributed by atoms with Crippen LogP contribution in [0.5, 0.6) is 23.0 Å². The average Bonchev–Trinajstić information content (AvgIpc) is 3.39. The van der Waals surface area contributed by atoms with Crippen molar-refractivity contribution in [1.82, 2.24) is 0 Å². The van der Waals surface area contributed by atoms with Crippen molar-refractivity contribution < 1.29 is 37.5 Å². The van der Waals surface area contributed by atoms with E-state index in [2.05, 4.69) is 89.3 Å². The first-order valence-electron chi connectivity index (χ1n) is 24.4. The Morgan fingerprint density at radius 1 is 0.452 bits per heavy atom. The van der Waals surface area contributed by atoms with Crippen molar-refractivity contribution in [3.8, 4) is 29.1 Å². The molecule has 0 aliphatic heterocycles. The third-order valence-corrected chi connectivity index (χ3v) is 11.4. The van der Waals surface area contributed by atoms with Gasteiger partial charge >= 0.3 is 0 Å². The van der Waals surface area contributed by atoms with Crippen molar-refractivity contribution >= 4 is 62.6 Å². The van der Waals surface area contributed by atoms with Gasteiger partial charge in [-0.3, -0.25) is 0 Å². The molecule has 16 nitrogen and oxygen atoms in total. The first-order chi connectivity index (χ1) is 34.9. The zero-order valence-corrected chi connectivity index (χ0v) is 43.5. The Balaban J connectivity index is 0.000000312. The molecule has 0 saturated carbocycles. The molecule has 73 heavy (non-hydrogen) atoms. The number of nitrogens with zero attached hydrogens (tertiary/aromatic N) is 12. The van der Waals surface area contributed by atoms with Gasteiger partial charge in [0.1, 0.15) is 45.7 Å². The largest absolute Gasteiger partial charge is 0.506 e. The number of anilines is 2. The van der Waals surface area contributed by atoms with Crippen LogP contribution in [0.15, 0.2) is 150 Å². The molecule has 0 spiro atoms. The third kappa shape index (κ3) is 17.7. The molecule has 0 heterocycles. The van der Waals surface area contributed by atoms with Crippen LogP contribution >= 0.6 is 0 Å². The van der Waals surface area contributed by atoms with Crippen LogP contribution in [-0.2, 0) is 17.1 Å². The fourth-order valence-electron chi connectivity index (χ4n) is 7.07. The van der Waals surface area contributed by atoms with Crippen LogP contribution in [0.1, 0.15) is 95.8 Å². The number of phenols is 4. The zero-order chi connectivity index (χ0) is 51.8. The molecule has 0 aliphatic rings. The monoisotopic (exact) mass is 1020 g/mol. The van der Waals surface area contributed by atoms with Gasteiger partial charge in [0.05, 0.1) is 41.0 Å². The van der Waals surface area contributed by atoms with Gasteiger partial charge in [0.25, 0.3) is 0 Å². The van der Waals surface area contributed by atoms with Crippen LogP contribution < -0.4 is 9.80 Å². The molecule has 0 unspecified atom stereocenters. The van der Waals surface area contributed by atoms with Crippen molar-refractivity contribution in [1.29, 1.82) is 5.26 Å². The molecule has 17 heteroatoms. The minimum atomic E-state index is -0.0976. The van der Waals surface area contributed by atoms with Crippen molar-refractivity contribution in [2.45, 2.75) is 92.9 Å². The smallest absolute Gasteiger partial charge is 0.187 e. The summed E-state index contributed by atoms with van der Waals surface area (Å²) in [5.74, 6) is -0.110. The normalized spacial score (nSPS) is 11.1. The van der Waals surface area contributed by atoms with Crippen molar-refractivity contribution in [2.75, 3.05) is 36.0 Å². The predicted octanol–water partition coefficient (Wildman–Crippen LogP) is 17.7. The molecular formula is C56H64FeN12O4. The summed E-state index contributed by atoms with van der Waals surface area (Å²) in [5.41, 5.74) is 7.87. The number of azo groups is 4. The van der Waals surface area contributed by atoms with Crippen LogP contribution in [0.2, 0.25) is 0 Å². The molecular weight excluding hydrogens is 961 g/mol. The Morgan fingerprint density at radius 2 is 0.795 bits per heavy atom. The zero-order valence-electron chi connectivity index (χ0n) is 42.4. The van der Waals surface area contributed by atoms with E-state index in [9.17, 15) is 20.4 Å². The van der Waals surface area contributed by atoms with Gasteiger partial charge in [0, 0.05) is 78.9 Å². The summed E-state index contributed by atoms with van der Waals surface area (Å²) >= 11 is 0. The molecule has 6 rings (SSSR count). The van der Waals surface area contributed by atoms with Crippen LogP contribution in [-0.4, -0.2) is 46.6 Å². The standard InChI is InChI=1S/2C28H32N6O2.Fe/c1-5-7-15-34(16-8-6-2)23-13-14-24(27(35)18-23)31-33-26-17-20(3)25(19-28(26)36)32-30-22-11-9-21(29-4)10-12-22;1-4-6-14-34(15-7-5-2)23-12-13-24(27(35)17-23)31-33-26-16-20(3)25(18-28(26)36)32-30-22-10-8-21(19-29)9-11-22;/h9-14,17-19,35-36H,5-8,15-16H2,1-3H3;8-13,16-18,35-36H,4-7,14-15H2,1-3H3;. The number of benzene rings is 6. The molecule has 0 aliphatic carbocycles. The van der Waals surface area contributed by atoms with E-state index in [0.29, 0.717) is 45.4 Å². The fraction of sp³-hybridized carbons (Fsp3) is 0.321. The summed E-state index contributed by atoms with van der Waals surface area (Å²) in [7, 11) is 0. The van der Waals surface area contributed by atoms with E-state index < -0.39 is 0 Å². The number of aromatic hydroxyl groups is 4. The Labute approximate surface area is 439 Å². The van der Waals surface area contributed by atoms with Gasteiger partial charge in [-0.25, -0.2) is 4.85 Å². The Bertz CT molecular complexity index is 2710. The number of hydrogen-bond donors (Lipinski definition) is 4. The van der Waals surface area contributed by atoms with E-state index in [1.54, 1.807) is 84.9 Å². The molecule has 0 fully saturated rings. The maximum Gasteiger partial charge on any atom is 0.187 e. The second-order valence-corrected chi connectivity index (χ2v) is 17.1. The maximum absolute atomic E-state index is 10.6. The summed E-state index contributed by atoms with van der Waals surface area (Å²) in [6.07, 6.45) is 8.81. The summed E-state index contributed by atoms with van der Waals surface area (Å²) in [6, 6.07) is 32.6. The topological polar surface area (TPSA) is 214 Å². The van der Waals surface area contributed by atoms with Crippen LogP contribution in [0.25, 0.3) is 4.85 Å². The van der Waals surface area contributed by atoms with Crippen molar-refractivity contribution in [2.24, 2.45) is 40.9 Å². The van der Waals surface area contributed by atoms with E-state index in [4.69, 9.17) is 11.8 Å². The Morgan fingerprint density at radius 3 is 1.14 bits per heavy atom. The van der Waals surface area contributed by atoms with E-state index in [0.717, 1.165) is 100 Å². The van der Waals surface area contributed by atoms with Crippen LogP contribution in [0.4, 0.5) is 62.6 Å². The van der Waals surface area contributed by atoms with Gasteiger partial charge in [0.2, 0.25) is 0 Å². The summed E-state index contributed by atoms with van der Waals surface area (Å²) in [5, 5.41) is 84.3. The number of aryl methyl sites for hydroxylation is 2. The van der Waals surface area contributed by atoms with E-state index in [1.165, 1.54) is 12.1 Å². The number of hydrogen-bond acceptors (Lipinski definition) is 15. The molecule has 0 atom stereocenters. The van der Waals surface area contributed by atoms with Gasteiger partial charge in [-0.1, -0.05) is 65.5 Å². The first kappa shape index (κ1) is 57.6. The maximum atomic E-state index is 10.6. The molecule has 0 saturated heterocycles. The predicted molar refractivity (Wildman–Crippen MR) is 287 cm³/mol.